The van der Waals surface area contributed by atoms with Gasteiger partial charge in [0.15, 0.2) is 0 Å². The molecule has 2 N–H and O–H groups in total. The second kappa shape index (κ2) is 9.70. The molecule has 0 aliphatic carbocycles. The summed E-state index contributed by atoms with van der Waals surface area (Å²) in [6.07, 6.45) is 0.172. The number of para-hydroxylation sites is 1. The summed E-state index contributed by atoms with van der Waals surface area (Å²) in [6, 6.07) is 22.5. The van der Waals surface area contributed by atoms with Crippen molar-refractivity contribution in [2.75, 3.05) is 18.5 Å². The number of fused-ring (bicyclic) bond motifs is 1. The van der Waals surface area contributed by atoms with Gasteiger partial charge in [0.1, 0.15) is 36.0 Å². The number of hydrogen-bond acceptors (Lipinski definition) is 6. The molecule has 0 spiro atoms. The molecule has 4 rings (SSSR count). The van der Waals surface area contributed by atoms with Crippen molar-refractivity contribution in [2.45, 2.75) is 6.42 Å². The molecule has 0 bridgehead atoms. The van der Waals surface area contributed by atoms with Crippen LogP contribution in [-0.4, -0.2) is 24.2 Å². The molecular weight excluding hydrogens is 410 g/mol. The number of anilines is 1. The lowest BCUT2D eigenvalue weighted by Gasteiger charge is -2.09. The highest BCUT2D eigenvalue weighted by Crippen LogP contribution is 2.25. The molecule has 1 aromatic heterocycles. The van der Waals surface area contributed by atoms with Crippen LogP contribution < -0.4 is 20.4 Å². The van der Waals surface area contributed by atoms with E-state index in [1.165, 1.54) is 6.07 Å². The molecule has 3 aromatic carbocycles. The summed E-state index contributed by atoms with van der Waals surface area (Å²) in [5, 5.41) is 13.0. The Balaban J connectivity index is 1.28. The molecule has 0 saturated heterocycles. The maximum absolute atomic E-state index is 12.4. The SMILES string of the molecule is O=C(Cc1ccc(OCCOc2ccccc2)cc1)Nc1ccc2oc(=O)cc(O)c2c1. The molecule has 0 aliphatic rings. The monoisotopic (exact) mass is 431 g/mol. The Bertz CT molecular complexity index is 1270. The van der Waals surface area contributed by atoms with Gasteiger partial charge >= 0.3 is 5.63 Å². The Hall–Kier alpha value is -4.26. The zero-order valence-corrected chi connectivity index (χ0v) is 17.1. The van der Waals surface area contributed by atoms with Crippen LogP contribution in [0, 0.1) is 0 Å². The first-order valence-electron chi connectivity index (χ1n) is 10.0. The van der Waals surface area contributed by atoms with Gasteiger partial charge in [-0.1, -0.05) is 30.3 Å². The minimum atomic E-state index is -0.636. The van der Waals surface area contributed by atoms with Crippen LogP contribution in [0.3, 0.4) is 0 Å². The first-order valence-corrected chi connectivity index (χ1v) is 10.0. The highest BCUT2D eigenvalue weighted by atomic mass is 16.5. The third-order valence-electron chi connectivity index (χ3n) is 4.66. The quantitative estimate of drug-likeness (QED) is 0.321. The summed E-state index contributed by atoms with van der Waals surface area (Å²) in [6.45, 7) is 0.836. The second-order valence-corrected chi connectivity index (χ2v) is 7.04. The van der Waals surface area contributed by atoms with Crippen LogP contribution in [0.4, 0.5) is 5.69 Å². The van der Waals surface area contributed by atoms with Crippen molar-refractivity contribution in [2.24, 2.45) is 0 Å². The molecule has 32 heavy (non-hydrogen) atoms. The van der Waals surface area contributed by atoms with E-state index in [0.717, 1.165) is 17.4 Å². The van der Waals surface area contributed by atoms with E-state index in [1.807, 2.05) is 42.5 Å². The number of hydrogen-bond donors (Lipinski definition) is 2. The third-order valence-corrected chi connectivity index (χ3v) is 4.66. The number of benzene rings is 3. The average Bonchev–Trinajstić information content (AvgIpc) is 2.79. The number of ether oxygens (including phenoxy) is 2. The number of amides is 1. The molecule has 162 valence electrons. The minimum Gasteiger partial charge on any atom is -0.507 e. The lowest BCUT2D eigenvalue weighted by atomic mass is 10.1. The number of carbonyl (C=O) groups excluding carboxylic acids is 1. The van der Waals surface area contributed by atoms with Gasteiger partial charge in [0.05, 0.1) is 17.9 Å². The zero-order chi connectivity index (χ0) is 22.3. The largest absolute Gasteiger partial charge is 0.507 e. The van der Waals surface area contributed by atoms with E-state index in [9.17, 15) is 14.7 Å². The van der Waals surface area contributed by atoms with Crippen LogP contribution in [0.25, 0.3) is 11.0 Å². The molecule has 0 atom stereocenters. The predicted molar refractivity (Wildman–Crippen MR) is 120 cm³/mol. The van der Waals surface area contributed by atoms with Crippen LogP contribution in [0.1, 0.15) is 5.56 Å². The fraction of sp³-hybridized carbons (Fsp3) is 0.120. The van der Waals surface area contributed by atoms with Crippen molar-refractivity contribution in [3.63, 3.8) is 0 Å². The minimum absolute atomic E-state index is 0.172. The van der Waals surface area contributed by atoms with Crippen molar-refractivity contribution in [3.8, 4) is 17.2 Å². The number of carbonyl (C=O) groups is 1. The molecule has 4 aromatic rings. The van der Waals surface area contributed by atoms with E-state index in [2.05, 4.69) is 5.32 Å². The summed E-state index contributed by atoms with van der Waals surface area (Å²) < 4.78 is 16.3. The Morgan fingerprint density at radius 3 is 2.28 bits per heavy atom. The van der Waals surface area contributed by atoms with Crippen molar-refractivity contribution in [1.29, 1.82) is 0 Å². The van der Waals surface area contributed by atoms with Gasteiger partial charge in [-0.05, 0) is 48.0 Å². The van der Waals surface area contributed by atoms with Crippen LogP contribution >= 0.6 is 0 Å². The maximum atomic E-state index is 12.4. The smallest absolute Gasteiger partial charge is 0.339 e. The summed E-state index contributed by atoms with van der Waals surface area (Å²) in [7, 11) is 0. The predicted octanol–water partition coefficient (Wildman–Crippen LogP) is 4.14. The normalized spacial score (nSPS) is 10.6. The summed E-state index contributed by atoms with van der Waals surface area (Å²) >= 11 is 0. The molecule has 0 saturated carbocycles. The van der Waals surface area contributed by atoms with E-state index in [0.29, 0.717) is 30.0 Å². The molecule has 1 heterocycles. The second-order valence-electron chi connectivity index (χ2n) is 7.04. The summed E-state index contributed by atoms with van der Waals surface area (Å²) in [4.78, 5) is 23.7. The number of aromatic hydroxyl groups is 1. The van der Waals surface area contributed by atoms with E-state index in [1.54, 1.807) is 24.3 Å². The van der Waals surface area contributed by atoms with Crippen LogP contribution in [0.2, 0.25) is 0 Å². The first kappa shape index (κ1) is 21.0. The molecule has 0 aliphatic heterocycles. The van der Waals surface area contributed by atoms with Gasteiger partial charge in [0.25, 0.3) is 0 Å². The molecule has 0 radical (unpaired) electrons. The van der Waals surface area contributed by atoms with E-state index >= 15 is 0 Å². The Labute approximate surface area is 183 Å². The van der Waals surface area contributed by atoms with Gasteiger partial charge < -0.3 is 24.3 Å². The fourth-order valence-corrected chi connectivity index (χ4v) is 3.15. The Morgan fingerprint density at radius 1 is 0.875 bits per heavy atom. The highest BCUT2D eigenvalue weighted by molar-refractivity contribution is 5.95. The van der Waals surface area contributed by atoms with Gasteiger partial charge in [-0.3, -0.25) is 4.79 Å². The highest BCUT2D eigenvalue weighted by Gasteiger charge is 2.09. The fourth-order valence-electron chi connectivity index (χ4n) is 3.15. The van der Waals surface area contributed by atoms with Gasteiger partial charge in [0, 0.05) is 5.69 Å². The molecule has 0 unspecified atom stereocenters. The topological polar surface area (TPSA) is 98.0 Å². The zero-order valence-electron chi connectivity index (χ0n) is 17.1. The molecular formula is C25H21NO6. The van der Waals surface area contributed by atoms with Crippen molar-refractivity contribution in [1.82, 2.24) is 0 Å². The Kier molecular flexibility index (Phi) is 6.36. The van der Waals surface area contributed by atoms with Gasteiger partial charge in [-0.25, -0.2) is 4.79 Å². The summed E-state index contributed by atoms with van der Waals surface area (Å²) in [5.41, 5.74) is 0.927. The third kappa shape index (κ3) is 5.46. The lowest BCUT2D eigenvalue weighted by molar-refractivity contribution is -0.115. The van der Waals surface area contributed by atoms with Gasteiger partial charge in [0.2, 0.25) is 5.91 Å². The molecule has 7 nitrogen and oxygen atoms in total. The van der Waals surface area contributed by atoms with Crippen LogP contribution in [0.15, 0.2) is 88.1 Å². The molecule has 1 amide bonds. The van der Waals surface area contributed by atoms with Crippen molar-refractivity contribution in [3.05, 3.63) is 94.8 Å². The Morgan fingerprint density at radius 2 is 1.56 bits per heavy atom. The van der Waals surface area contributed by atoms with Crippen LogP contribution in [0.5, 0.6) is 17.2 Å². The van der Waals surface area contributed by atoms with Gasteiger partial charge in [-0.15, -0.1) is 0 Å². The maximum Gasteiger partial charge on any atom is 0.339 e. The lowest BCUT2D eigenvalue weighted by Crippen LogP contribution is -2.14. The number of rotatable bonds is 8. The van der Waals surface area contributed by atoms with Crippen molar-refractivity contribution >= 4 is 22.6 Å². The van der Waals surface area contributed by atoms with E-state index in [4.69, 9.17) is 13.9 Å². The van der Waals surface area contributed by atoms with Gasteiger partial charge in [-0.2, -0.15) is 0 Å². The van der Waals surface area contributed by atoms with E-state index < -0.39 is 5.63 Å². The molecule has 0 fully saturated rings. The average molecular weight is 431 g/mol. The van der Waals surface area contributed by atoms with E-state index in [-0.39, 0.29) is 23.7 Å². The standard InChI is InChI=1S/C25H21NO6/c27-22-16-25(29)32-23-11-8-18(15-21(22)23)26-24(28)14-17-6-9-20(10-7-17)31-13-12-30-19-4-2-1-3-5-19/h1-11,15-16,27H,12-14H2,(H,26,28). The number of nitrogens with one attached hydrogen (secondary N) is 1. The first-order chi connectivity index (χ1) is 15.6. The van der Waals surface area contributed by atoms with Crippen LogP contribution in [-0.2, 0) is 11.2 Å². The van der Waals surface area contributed by atoms with Crippen molar-refractivity contribution < 1.29 is 23.8 Å². The molecule has 7 heteroatoms. The summed E-state index contributed by atoms with van der Waals surface area (Å²) in [5.74, 6) is 1.07.